The molecule has 7 nitrogen and oxygen atoms in total. The van der Waals surface area contributed by atoms with E-state index in [4.69, 9.17) is 0 Å². The van der Waals surface area contributed by atoms with E-state index >= 15 is 0 Å². The highest BCUT2D eigenvalue weighted by molar-refractivity contribution is 6.04. The van der Waals surface area contributed by atoms with E-state index in [1.54, 1.807) is 24.3 Å². The van der Waals surface area contributed by atoms with Gasteiger partial charge >= 0.3 is 6.03 Å². The number of nitrogens with one attached hydrogen (secondary N) is 1. The molecule has 0 aromatic heterocycles. The van der Waals surface area contributed by atoms with Gasteiger partial charge in [-0.05, 0) is 5.56 Å². The Morgan fingerprint density at radius 3 is 2.52 bits per heavy atom. The van der Waals surface area contributed by atoms with Crippen molar-refractivity contribution in [1.29, 1.82) is 0 Å². The lowest BCUT2D eigenvalue weighted by Gasteiger charge is -2.19. The van der Waals surface area contributed by atoms with Gasteiger partial charge in [0.1, 0.15) is 13.1 Å². The molecule has 2 rings (SSSR count). The van der Waals surface area contributed by atoms with Crippen molar-refractivity contribution >= 4 is 17.8 Å². The predicted octanol–water partition coefficient (Wildman–Crippen LogP) is -0.270. The van der Waals surface area contributed by atoms with E-state index in [2.05, 4.69) is 5.32 Å². The molecule has 0 bridgehead atoms. The fourth-order valence-electron chi connectivity index (χ4n) is 2.13. The summed E-state index contributed by atoms with van der Waals surface area (Å²) in [6.45, 7) is -0.628. The minimum atomic E-state index is -0.566. The molecule has 0 radical (unpaired) electrons. The van der Waals surface area contributed by atoms with Gasteiger partial charge in [-0.2, -0.15) is 0 Å². The Morgan fingerprint density at radius 2 is 2.00 bits per heavy atom. The molecule has 0 spiro atoms. The molecule has 4 amide bonds. The van der Waals surface area contributed by atoms with Crippen molar-refractivity contribution < 1.29 is 19.5 Å². The van der Waals surface area contributed by atoms with Crippen LogP contribution >= 0.6 is 0 Å². The highest BCUT2D eigenvalue weighted by Crippen LogP contribution is 2.12. The van der Waals surface area contributed by atoms with Gasteiger partial charge in [0.05, 0.1) is 12.6 Å². The zero-order valence-corrected chi connectivity index (χ0v) is 11.7. The van der Waals surface area contributed by atoms with Crippen molar-refractivity contribution in [3.63, 3.8) is 0 Å². The fourth-order valence-corrected chi connectivity index (χ4v) is 2.13. The number of urea groups is 1. The highest BCUT2D eigenvalue weighted by Gasteiger charge is 2.35. The van der Waals surface area contributed by atoms with Gasteiger partial charge in [-0.3, -0.25) is 14.5 Å². The first-order valence-corrected chi connectivity index (χ1v) is 6.53. The Kier molecular flexibility index (Phi) is 4.54. The lowest BCUT2D eigenvalue weighted by Crippen LogP contribution is -2.42. The van der Waals surface area contributed by atoms with E-state index in [1.807, 2.05) is 6.07 Å². The lowest BCUT2D eigenvalue weighted by atomic mass is 10.1. The summed E-state index contributed by atoms with van der Waals surface area (Å²) < 4.78 is 0. The van der Waals surface area contributed by atoms with Gasteiger partial charge in [-0.15, -0.1) is 0 Å². The standard InChI is InChI=1S/C14H17N3O4/c1-16-8-13(20)17(14(16)21)7-12(19)15-11(9-18)10-5-3-2-4-6-10/h2-6,11,18H,7-9H2,1H3,(H,15,19). The third-order valence-electron chi connectivity index (χ3n) is 3.25. The monoisotopic (exact) mass is 291 g/mol. The average molecular weight is 291 g/mol. The van der Waals surface area contributed by atoms with Gasteiger partial charge in [-0.25, -0.2) is 4.79 Å². The molecule has 1 heterocycles. The number of carbonyl (C=O) groups excluding carboxylic acids is 3. The maximum Gasteiger partial charge on any atom is 0.327 e. The van der Waals surface area contributed by atoms with Crippen LogP contribution in [-0.4, -0.2) is 59.5 Å². The molecule has 1 aliphatic heterocycles. The number of hydrogen-bond donors (Lipinski definition) is 2. The van der Waals surface area contributed by atoms with Crippen LogP contribution in [0, 0.1) is 0 Å². The zero-order valence-electron chi connectivity index (χ0n) is 11.7. The Labute approximate surface area is 122 Å². The van der Waals surface area contributed by atoms with E-state index in [1.165, 1.54) is 11.9 Å². The summed E-state index contributed by atoms with van der Waals surface area (Å²) in [5.41, 5.74) is 0.754. The Bertz CT molecular complexity index is 546. The van der Waals surface area contributed by atoms with Gasteiger partial charge in [0, 0.05) is 7.05 Å². The van der Waals surface area contributed by atoms with Crippen LogP contribution in [0.5, 0.6) is 0 Å². The summed E-state index contributed by atoms with van der Waals surface area (Å²) >= 11 is 0. The molecule has 7 heteroatoms. The van der Waals surface area contributed by atoms with Crippen molar-refractivity contribution in [3.05, 3.63) is 35.9 Å². The van der Waals surface area contributed by atoms with Crippen LogP contribution in [-0.2, 0) is 9.59 Å². The minimum Gasteiger partial charge on any atom is -0.394 e. The maximum absolute atomic E-state index is 12.0. The van der Waals surface area contributed by atoms with Gasteiger partial charge in [-0.1, -0.05) is 30.3 Å². The predicted molar refractivity (Wildman–Crippen MR) is 74.2 cm³/mol. The highest BCUT2D eigenvalue weighted by atomic mass is 16.3. The minimum absolute atomic E-state index is 0.0196. The number of benzene rings is 1. The lowest BCUT2D eigenvalue weighted by molar-refractivity contribution is -0.131. The number of nitrogens with zero attached hydrogens (tertiary/aromatic N) is 2. The molecule has 2 N–H and O–H groups in total. The summed E-state index contributed by atoms with van der Waals surface area (Å²) in [7, 11) is 1.50. The fraction of sp³-hybridized carbons (Fsp3) is 0.357. The molecule has 1 fully saturated rings. The van der Waals surface area contributed by atoms with Crippen LogP contribution in [0.15, 0.2) is 30.3 Å². The molecule has 1 aromatic rings. The molecule has 0 saturated carbocycles. The Balaban J connectivity index is 1.98. The van der Waals surface area contributed by atoms with Crippen LogP contribution in [0.1, 0.15) is 11.6 Å². The average Bonchev–Trinajstić information content (AvgIpc) is 2.72. The second-order valence-corrected chi connectivity index (χ2v) is 4.83. The van der Waals surface area contributed by atoms with Gasteiger partial charge < -0.3 is 15.3 Å². The second-order valence-electron chi connectivity index (χ2n) is 4.83. The molecule has 1 atom stereocenters. The molecule has 0 aliphatic carbocycles. The number of imide groups is 1. The molecular weight excluding hydrogens is 274 g/mol. The largest absolute Gasteiger partial charge is 0.394 e. The van der Waals surface area contributed by atoms with Crippen LogP contribution in [0.25, 0.3) is 0 Å². The summed E-state index contributed by atoms with van der Waals surface area (Å²) in [5.74, 6) is -0.896. The van der Waals surface area contributed by atoms with Crippen molar-refractivity contribution in [2.75, 3.05) is 26.7 Å². The first-order valence-electron chi connectivity index (χ1n) is 6.53. The van der Waals surface area contributed by atoms with Crippen molar-refractivity contribution in [1.82, 2.24) is 15.1 Å². The van der Waals surface area contributed by atoms with Crippen LogP contribution in [0.4, 0.5) is 4.79 Å². The maximum atomic E-state index is 12.0. The smallest absolute Gasteiger partial charge is 0.327 e. The van der Waals surface area contributed by atoms with Gasteiger partial charge in [0.15, 0.2) is 0 Å². The third kappa shape index (κ3) is 3.38. The number of likely N-dealkylation sites (N-methyl/N-ethyl adjacent to an activating group) is 1. The zero-order chi connectivity index (χ0) is 15.4. The van der Waals surface area contributed by atoms with Crippen molar-refractivity contribution in [2.24, 2.45) is 0 Å². The molecule has 1 unspecified atom stereocenters. The molecule has 21 heavy (non-hydrogen) atoms. The number of aliphatic hydroxyl groups excluding tert-OH is 1. The quantitative estimate of drug-likeness (QED) is 0.731. The number of amides is 4. The molecule has 1 aliphatic rings. The molecule has 1 saturated heterocycles. The first-order chi connectivity index (χ1) is 10.0. The van der Waals surface area contributed by atoms with E-state index in [9.17, 15) is 19.5 Å². The molecular formula is C14H17N3O4. The van der Waals surface area contributed by atoms with Crippen molar-refractivity contribution in [2.45, 2.75) is 6.04 Å². The SMILES string of the molecule is CN1CC(=O)N(CC(=O)NC(CO)c2ccccc2)C1=O. The van der Waals surface area contributed by atoms with Crippen LogP contribution in [0.2, 0.25) is 0 Å². The number of aliphatic hydroxyl groups is 1. The van der Waals surface area contributed by atoms with Gasteiger partial charge in [0.2, 0.25) is 5.91 Å². The van der Waals surface area contributed by atoms with Crippen LogP contribution < -0.4 is 5.32 Å². The topological polar surface area (TPSA) is 90.0 Å². The Hall–Kier alpha value is -2.41. The molecule has 112 valence electrons. The van der Waals surface area contributed by atoms with E-state index in [0.717, 1.165) is 10.5 Å². The summed E-state index contributed by atoms with van der Waals surface area (Å²) in [6, 6.07) is 7.93. The van der Waals surface area contributed by atoms with Crippen LogP contribution in [0.3, 0.4) is 0 Å². The summed E-state index contributed by atoms with van der Waals surface area (Å²) in [5, 5.41) is 12.0. The number of carbonyl (C=O) groups is 3. The normalized spacial score (nSPS) is 16.3. The van der Waals surface area contributed by atoms with Crippen molar-refractivity contribution in [3.8, 4) is 0 Å². The van der Waals surface area contributed by atoms with E-state index in [-0.39, 0.29) is 19.7 Å². The van der Waals surface area contributed by atoms with E-state index < -0.39 is 23.9 Å². The summed E-state index contributed by atoms with van der Waals surface area (Å²) in [6.07, 6.45) is 0. The van der Waals surface area contributed by atoms with E-state index in [0.29, 0.717) is 0 Å². The summed E-state index contributed by atoms with van der Waals surface area (Å²) in [4.78, 5) is 37.4. The Morgan fingerprint density at radius 1 is 1.33 bits per heavy atom. The molecule has 1 aromatic carbocycles. The number of hydrogen-bond acceptors (Lipinski definition) is 4. The third-order valence-corrected chi connectivity index (χ3v) is 3.25. The number of rotatable bonds is 5. The second kappa shape index (κ2) is 6.36. The first kappa shape index (κ1) is 15.0. The van der Waals surface area contributed by atoms with Gasteiger partial charge in [0.25, 0.3) is 5.91 Å².